The molecule has 0 unspecified atom stereocenters. The highest BCUT2D eigenvalue weighted by Gasteiger charge is 2.12. The fourth-order valence-electron chi connectivity index (χ4n) is 2.71. The molecule has 4 rings (SSSR count). The maximum absolute atomic E-state index is 12.3. The van der Waals surface area contributed by atoms with Crippen LogP contribution in [-0.4, -0.2) is 15.3 Å². The minimum absolute atomic E-state index is 0. The fourth-order valence-corrected chi connectivity index (χ4v) is 3.58. The van der Waals surface area contributed by atoms with Crippen LogP contribution < -0.4 is 5.32 Å². The van der Waals surface area contributed by atoms with Crippen molar-refractivity contribution in [1.82, 2.24) is 9.38 Å². The number of hydrogen-bond donors (Lipinski definition) is 1. The van der Waals surface area contributed by atoms with Gasteiger partial charge in [-0.05, 0) is 19.1 Å². The highest BCUT2D eigenvalue weighted by molar-refractivity contribution is 7.15. The molecule has 0 fully saturated rings. The molecule has 0 aliphatic heterocycles. The second-order valence-corrected chi connectivity index (χ2v) is 6.80. The number of carbonyl (C=O) groups excluding carboxylic acids is 1. The third-order valence-corrected chi connectivity index (χ3v) is 4.92. The van der Waals surface area contributed by atoms with E-state index in [1.165, 1.54) is 5.56 Å². The Morgan fingerprint density at radius 1 is 1.12 bits per heavy atom. The highest BCUT2D eigenvalue weighted by atomic mass is 35.5. The molecule has 0 spiro atoms. The van der Waals surface area contributed by atoms with Crippen molar-refractivity contribution in [1.29, 1.82) is 0 Å². The number of halogens is 1. The van der Waals surface area contributed by atoms with Crippen LogP contribution in [0, 0.1) is 6.92 Å². The molecule has 1 N–H and O–H groups in total. The zero-order chi connectivity index (χ0) is 17.2. The van der Waals surface area contributed by atoms with Crippen molar-refractivity contribution in [2.24, 2.45) is 0 Å². The van der Waals surface area contributed by atoms with Crippen LogP contribution in [0.3, 0.4) is 0 Å². The number of thiazole rings is 1. The summed E-state index contributed by atoms with van der Waals surface area (Å²) < 4.78 is 2.00. The van der Waals surface area contributed by atoms with Crippen LogP contribution in [0.4, 0.5) is 5.69 Å². The fraction of sp³-hybridized carbons (Fsp3) is 0.100. The Morgan fingerprint density at radius 2 is 1.85 bits per heavy atom. The maximum atomic E-state index is 12.3. The average Bonchev–Trinajstić information content (AvgIpc) is 3.20. The van der Waals surface area contributed by atoms with Crippen LogP contribution in [0.1, 0.15) is 11.3 Å². The third-order valence-electron chi connectivity index (χ3n) is 4.03. The van der Waals surface area contributed by atoms with Gasteiger partial charge in [-0.25, -0.2) is 4.98 Å². The number of benzene rings is 2. The minimum atomic E-state index is -0.0292. The zero-order valence-electron chi connectivity index (χ0n) is 14.2. The number of aryl methyl sites for hydroxylation is 1. The molecule has 0 bridgehead atoms. The van der Waals surface area contributed by atoms with Crippen molar-refractivity contribution < 1.29 is 4.79 Å². The standard InChI is InChI=1S/C20H17N3OS.ClH/c1-14-7-9-16(10-8-14)21-19(24)11-17-13-25-20-22-18(12-23(17)20)15-5-3-2-4-6-15;/h2-10,12-13H,11H2,1H3,(H,21,24);1H. The first kappa shape index (κ1) is 18.2. The Morgan fingerprint density at radius 3 is 2.58 bits per heavy atom. The summed E-state index contributed by atoms with van der Waals surface area (Å²) >= 11 is 1.55. The summed E-state index contributed by atoms with van der Waals surface area (Å²) in [4.78, 5) is 17.9. The van der Waals surface area contributed by atoms with E-state index in [2.05, 4.69) is 10.3 Å². The highest BCUT2D eigenvalue weighted by Crippen LogP contribution is 2.24. The van der Waals surface area contributed by atoms with Crippen LogP contribution in [0.2, 0.25) is 0 Å². The Bertz CT molecular complexity index is 1020. The lowest BCUT2D eigenvalue weighted by Gasteiger charge is -2.05. The largest absolute Gasteiger partial charge is 0.326 e. The first-order chi connectivity index (χ1) is 12.2. The van der Waals surface area contributed by atoms with Gasteiger partial charge in [-0.3, -0.25) is 9.20 Å². The van der Waals surface area contributed by atoms with Gasteiger partial charge < -0.3 is 5.32 Å². The van der Waals surface area contributed by atoms with E-state index in [4.69, 9.17) is 0 Å². The summed E-state index contributed by atoms with van der Waals surface area (Å²) in [6, 6.07) is 17.9. The normalized spacial score (nSPS) is 10.5. The number of nitrogens with one attached hydrogen (secondary N) is 1. The summed E-state index contributed by atoms with van der Waals surface area (Å²) in [5, 5.41) is 4.93. The number of carbonyl (C=O) groups is 1. The smallest absolute Gasteiger partial charge is 0.230 e. The lowest BCUT2D eigenvalue weighted by atomic mass is 10.2. The van der Waals surface area contributed by atoms with E-state index in [9.17, 15) is 4.79 Å². The summed E-state index contributed by atoms with van der Waals surface area (Å²) in [6.07, 6.45) is 2.31. The molecule has 0 radical (unpaired) electrons. The molecule has 2 aromatic heterocycles. The molecule has 1 amide bonds. The Labute approximate surface area is 161 Å². The van der Waals surface area contributed by atoms with Crippen LogP contribution in [0.15, 0.2) is 66.2 Å². The van der Waals surface area contributed by atoms with Gasteiger partial charge in [0.2, 0.25) is 5.91 Å². The number of hydrogen-bond acceptors (Lipinski definition) is 3. The number of amides is 1. The van der Waals surface area contributed by atoms with Gasteiger partial charge in [0, 0.05) is 28.5 Å². The molecule has 2 aromatic carbocycles. The lowest BCUT2D eigenvalue weighted by molar-refractivity contribution is -0.115. The van der Waals surface area contributed by atoms with Gasteiger partial charge in [-0.1, -0.05) is 48.0 Å². The van der Waals surface area contributed by atoms with Gasteiger partial charge in [0.25, 0.3) is 0 Å². The van der Waals surface area contributed by atoms with Crippen LogP contribution >= 0.6 is 23.7 Å². The molecule has 2 heterocycles. The van der Waals surface area contributed by atoms with Gasteiger partial charge in [-0.2, -0.15) is 0 Å². The van der Waals surface area contributed by atoms with E-state index in [0.29, 0.717) is 6.42 Å². The topological polar surface area (TPSA) is 46.4 Å². The molecule has 0 atom stereocenters. The van der Waals surface area contributed by atoms with Crippen molar-refractivity contribution in [3.05, 3.63) is 77.4 Å². The van der Waals surface area contributed by atoms with Crippen LogP contribution in [0.5, 0.6) is 0 Å². The molecule has 0 saturated carbocycles. The second-order valence-electron chi connectivity index (χ2n) is 5.96. The predicted molar refractivity (Wildman–Crippen MR) is 109 cm³/mol. The van der Waals surface area contributed by atoms with E-state index in [1.807, 2.05) is 77.5 Å². The minimum Gasteiger partial charge on any atom is -0.326 e. The Hall–Kier alpha value is -2.63. The summed E-state index contributed by atoms with van der Waals surface area (Å²) in [6.45, 7) is 2.02. The summed E-state index contributed by atoms with van der Waals surface area (Å²) in [7, 11) is 0. The van der Waals surface area contributed by atoms with Crippen LogP contribution in [0.25, 0.3) is 16.2 Å². The van der Waals surface area contributed by atoms with Gasteiger partial charge in [-0.15, -0.1) is 23.7 Å². The lowest BCUT2D eigenvalue weighted by Crippen LogP contribution is -2.15. The van der Waals surface area contributed by atoms with Crippen molar-refractivity contribution >= 4 is 40.3 Å². The number of anilines is 1. The SMILES string of the molecule is Cc1ccc(NC(=O)Cc2csc3nc(-c4ccccc4)cn23)cc1.Cl. The molecule has 26 heavy (non-hydrogen) atoms. The number of fused-ring (bicyclic) bond motifs is 1. The Balaban J connectivity index is 0.00000196. The molecule has 0 aliphatic carbocycles. The van der Waals surface area contributed by atoms with E-state index in [1.54, 1.807) is 11.3 Å². The van der Waals surface area contributed by atoms with E-state index < -0.39 is 0 Å². The van der Waals surface area contributed by atoms with Gasteiger partial charge in [0.05, 0.1) is 12.1 Å². The summed E-state index contributed by atoms with van der Waals surface area (Å²) in [5.41, 5.74) is 4.93. The maximum Gasteiger partial charge on any atom is 0.230 e. The quantitative estimate of drug-likeness (QED) is 0.540. The zero-order valence-corrected chi connectivity index (χ0v) is 15.8. The first-order valence-corrected chi connectivity index (χ1v) is 8.94. The average molecular weight is 384 g/mol. The van der Waals surface area contributed by atoms with Crippen molar-refractivity contribution in [3.63, 3.8) is 0 Å². The van der Waals surface area contributed by atoms with Gasteiger partial charge >= 0.3 is 0 Å². The van der Waals surface area contributed by atoms with Crippen molar-refractivity contribution in [2.45, 2.75) is 13.3 Å². The number of rotatable bonds is 4. The molecule has 4 aromatic rings. The van der Waals surface area contributed by atoms with E-state index in [-0.39, 0.29) is 18.3 Å². The number of nitrogens with zero attached hydrogens (tertiary/aromatic N) is 2. The molecular weight excluding hydrogens is 366 g/mol. The van der Waals surface area contributed by atoms with E-state index >= 15 is 0 Å². The third kappa shape index (κ3) is 3.79. The molecule has 132 valence electrons. The van der Waals surface area contributed by atoms with Crippen molar-refractivity contribution in [3.8, 4) is 11.3 Å². The Kier molecular flexibility index (Phi) is 5.40. The van der Waals surface area contributed by atoms with Gasteiger partial charge in [0.1, 0.15) is 0 Å². The molecule has 0 aliphatic rings. The van der Waals surface area contributed by atoms with Crippen molar-refractivity contribution in [2.75, 3.05) is 5.32 Å². The molecule has 6 heteroatoms. The summed E-state index contributed by atoms with van der Waals surface area (Å²) in [5.74, 6) is -0.0292. The second kappa shape index (κ2) is 7.72. The van der Waals surface area contributed by atoms with E-state index in [0.717, 1.165) is 27.6 Å². The molecular formula is C20H18ClN3OS. The molecule has 0 saturated heterocycles. The van der Waals surface area contributed by atoms with Crippen LogP contribution in [-0.2, 0) is 11.2 Å². The number of aromatic nitrogens is 2. The molecule has 4 nitrogen and oxygen atoms in total. The predicted octanol–water partition coefficient (Wildman–Crippen LogP) is 4.97. The monoisotopic (exact) mass is 383 g/mol. The first-order valence-electron chi connectivity index (χ1n) is 8.06. The van der Waals surface area contributed by atoms with Gasteiger partial charge in [0.15, 0.2) is 4.96 Å². The number of imidazole rings is 1.